The fourth-order valence-corrected chi connectivity index (χ4v) is 1.91. The van der Waals surface area contributed by atoms with Gasteiger partial charge in [0.15, 0.2) is 0 Å². The first-order valence-corrected chi connectivity index (χ1v) is 4.53. The molecule has 0 radical (unpaired) electrons. The first kappa shape index (κ1) is 10.5. The Morgan fingerprint density at radius 2 is 1.92 bits per heavy atom. The molecule has 0 unspecified atom stereocenters. The summed E-state index contributed by atoms with van der Waals surface area (Å²) >= 11 is 0. The average molecular weight is 184 g/mol. The summed E-state index contributed by atoms with van der Waals surface area (Å²) in [5, 5.41) is 13.0. The van der Waals surface area contributed by atoms with E-state index >= 15 is 0 Å². The first-order valence-electron chi connectivity index (χ1n) is 4.53. The van der Waals surface area contributed by atoms with Gasteiger partial charge in [0.05, 0.1) is 12.9 Å². The van der Waals surface area contributed by atoms with Crippen LogP contribution in [0, 0.1) is 5.21 Å². The smallest absolute Gasteiger partial charge is 0.0951 e. The molecule has 0 N–H and O–H groups in total. The predicted molar refractivity (Wildman–Crippen MR) is 53.1 cm³/mol. The molecule has 0 aromatic rings. The maximum absolute atomic E-state index is 11.8. The van der Waals surface area contributed by atoms with Gasteiger partial charge in [-0.25, -0.2) is 0 Å². The van der Waals surface area contributed by atoms with Crippen LogP contribution in [0.2, 0.25) is 0 Å². The minimum atomic E-state index is -0.465. The zero-order valence-corrected chi connectivity index (χ0v) is 9.05. The van der Waals surface area contributed by atoms with Crippen LogP contribution < -0.4 is 0 Å². The second-order valence-corrected chi connectivity index (χ2v) is 4.75. The van der Waals surface area contributed by atoms with Crippen molar-refractivity contribution in [2.45, 2.75) is 45.2 Å². The van der Waals surface area contributed by atoms with Gasteiger partial charge >= 0.3 is 0 Å². The summed E-state index contributed by atoms with van der Waals surface area (Å²) in [6.07, 6.45) is 2.57. The Bertz CT molecular complexity index is 231. The van der Waals surface area contributed by atoms with Crippen LogP contribution in [0.5, 0.6) is 0 Å². The van der Waals surface area contributed by atoms with Gasteiger partial charge in [0.2, 0.25) is 0 Å². The maximum Gasteiger partial charge on any atom is 0.0951 e. The van der Waals surface area contributed by atoms with Gasteiger partial charge in [-0.3, -0.25) is 0 Å². The van der Waals surface area contributed by atoms with Crippen LogP contribution in [-0.4, -0.2) is 23.3 Å². The minimum Gasteiger partial charge on any atom is -0.784 e. The first-order chi connectivity index (χ1) is 5.79. The molecule has 0 aromatic carbocycles. The summed E-state index contributed by atoms with van der Waals surface area (Å²) in [4.78, 5) is 0. The molecule has 76 valence electrons. The molecule has 1 heterocycles. The highest BCUT2D eigenvalue weighted by Crippen LogP contribution is 2.36. The number of hydrogen-bond acceptors (Lipinski definition) is 3. The highest BCUT2D eigenvalue weighted by Gasteiger charge is 2.35. The summed E-state index contributed by atoms with van der Waals surface area (Å²) in [5.41, 5.74) is -0.837. The second kappa shape index (κ2) is 3.00. The summed E-state index contributed by atoms with van der Waals surface area (Å²) in [5.74, 6) is 0.905. The molecule has 0 saturated heterocycles. The van der Waals surface area contributed by atoms with Crippen molar-refractivity contribution in [1.82, 2.24) is 5.06 Å². The lowest BCUT2D eigenvalue weighted by atomic mass is 9.86. The molecule has 0 aliphatic carbocycles. The second-order valence-electron chi connectivity index (χ2n) is 4.75. The van der Waals surface area contributed by atoms with Gasteiger partial charge in [0.25, 0.3) is 0 Å². The summed E-state index contributed by atoms with van der Waals surface area (Å²) in [6, 6.07) is 0. The van der Waals surface area contributed by atoms with Crippen LogP contribution >= 0.6 is 0 Å². The highest BCUT2D eigenvalue weighted by atomic mass is 16.5. The molecule has 1 rings (SSSR count). The Hall–Kier alpha value is -0.540. The molecule has 1 aliphatic heterocycles. The number of nitrogens with zero attached hydrogens (tertiary/aromatic N) is 1. The van der Waals surface area contributed by atoms with Crippen molar-refractivity contribution in [3.8, 4) is 0 Å². The van der Waals surface area contributed by atoms with Crippen molar-refractivity contribution in [1.29, 1.82) is 0 Å². The molecular formula is C10H18NO2-. The molecule has 0 spiro atoms. The number of hydroxylamine groups is 2. The van der Waals surface area contributed by atoms with Gasteiger partial charge < -0.3 is 15.0 Å². The molecule has 13 heavy (non-hydrogen) atoms. The quantitative estimate of drug-likeness (QED) is 0.627. The van der Waals surface area contributed by atoms with Gasteiger partial charge in [-0.05, 0) is 33.8 Å². The van der Waals surface area contributed by atoms with E-state index in [1.54, 1.807) is 7.11 Å². The molecule has 3 heteroatoms. The topological polar surface area (TPSA) is 35.5 Å². The van der Waals surface area contributed by atoms with E-state index in [2.05, 4.69) is 0 Å². The van der Waals surface area contributed by atoms with Gasteiger partial charge in [0.1, 0.15) is 0 Å². The lowest BCUT2D eigenvalue weighted by molar-refractivity contribution is 0.0628. The van der Waals surface area contributed by atoms with Crippen molar-refractivity contribution in [3.05, 3.63) is 17.0 Å². The molecule has 0 fully saturated rings. The largest absolute Gasteiger partial charge is 0.784 e. The van der Waals surface area contributed by atoms with Gasteiger partial charge in [0, 0.05) is 17.5 Å². The number of ether oxygens (including phenoxy) is 1. The van der Waals surface area contributed by atoms with Crippen LogP contribution in [0.4, 0.5) is 0 Å². The minimum absolute atomic E-state index is 0.371. The Morgan fingerprint density at radius 1 is 1.38 bits per heavy atom. The summed E-state index contributed by atoms with van der Waals surface area (Å²) in [7, 11) is 1.65. The molecule has 0 bridgehead atoms. The van der Waals surface area contributed by atoms with Crippen LogP contribution in [0.15, 0.2) is 11.8 Å². The fraction of sp³-hybridized carbons (Fsp3) is 0.800. The van der Waals surface area contributed by atoms with Crippen LogP contribution in [0.3, 0.4) is 0 Å². The van der Waals surface area contributed by atoms with Crippen molar-refractivity contribution in [2.24, 2.45) is 0 Å². The van der Waals surface area contributed by atoms with E-state index in [4.69, 9.17) is 4.74 Å². The lowest BCUT2D eigenvalue weighted by Crippen LogP contribution is -2.54. The standard InChI is InChI=1S/C10H18NO2/c1-9(2)6-8(13-5)7-10(3,4)11(9)12/h6H,7H2,1-5H3/q-1. The van der Waals surface area contributed by atoms with Crippen molar-refractivity contribution in [3.63, 3.8) is 0 Å². The SMILES string of the molecule is COC1=CC(C)(C)N([O-])C(C)(C)C1. The highest BCUT2D eigenvalue weighted by molar-refractivity contribution is 5.17. The monoisotopic (exact) mass is 184 g/mol. The van der Waals surface area contributed by atoms with E-state index in [1.165, 1.54) is 0 Å². The fourth-order valence-electron chi connectivity index (χ4n) is 1.91. The maximum atomic E-state index is 11.8. The van der Waals surface area contributed by atoms with E-state index in [0.717, 1.165) is 10.8 Å². The van der Waals surface area contributed by atoms with Crippen molar-refractivity contribution < 1.29 is 4.74 Å². The van der Waals surface area contributed by atoms with Crippen LogP contribution in [0.1, 0.15) is 34.1 Å². The van der Waals surface area contributed by atoms with E-state index < -0.39 is 5.54 Å². The Balaban J connectivity index is 3.01. The third kappa shape index (κ3) is 1.86. The third-order valence-corrected chi connectivity index (χ3v) is 2.46. The normalized spacial score (nSPS) is 26.8. The van der Waals surface area contributed by atoms with Gasteiger partial charge in [-0.2, -0.15) is 0 Å². The van der Waals surface area contributed by atoms with E-state index in [9.17, 15) is 5.21 Å². The number of hydrogen-bond donors (Lipinski definition) is 0. The molecular weight excluding hydrogens is 166 g/mol. The van der Waals surface area contributed by atoms with E-state index in [0.29, 0.717) is 6.42 Å². The number of rotatable bonds is 1. The predicted octanol–water partition coefficient (Wildman–Crippen LogP) is 2.28. The van der Waals surface area contributed by atoms with Crippen LogP contribution in [0.25, 0.3) is 0 Å². The van der Waals surface area contributed by atoms with Crippen molar-refractivity contribution >= 4 is 0 Å². The van der Waals surface area contributed by atoms with Gasteiger partial charge in [-0.1, -0.05) is 0 Å². The molecule has 0 aromatic heterocycles. The molecule has 0 atom stereocenters. The zero-order chi connectivity index (χ0) is 10.3. The molecule has 1 aliphatic rings. The van der Waals surface area contributed by atoms with E-state index in [-0.39, 0.29) is 5.54 Å². The Labute approximate surface area is 79.9 Å². The zero-order valence-electron chi connectivity index (χ0n) is 9.05. The van der Waals surface area contributed by atoms with Gasteiger partial charge in [-0.15, -0.1) is 0 Å². The molecule has 3 nitrogen and oxygen atoms in total. The third-order valence-electron chi connectivity index (χ3n) is 2.46. The summed E-state index contributed by atoms with van der Waals surface area (Å²) < 4.78 is 5.21. The van der Waals surface area contributed by atoms with Crippen molar-refractivity contribution in [2.75, 3.05) is 7.11 Å². The van der Waals surface area contributed by atoms with E-state index in [1.807, 2.05) is 33.8 Å². The summed E-state index contributed by atoms with van der Waals surface area (Å²) in [6.45, 7) is 7.68. The number of methoxy groups -OCH3 is 1. The Kier molecular flexibility index (Phi) is 2.43. The van der Waals surface area contributed by atoms with Crippen LogP contribution in [-0.2, 0) is 4.74 Å². The molecule has 0 saturated carbocycles. The Morgan fingerprint density at radius 3 is 2.31 bits per heavy atom. The lowest BCUT2D eigenvalue weighted by Gasteiger charge is -2.56. The molecule has 0 amide bonds. The average Bonchev–Trinajstić information content (AvgIpc) is 1.99.